The van der Waals surface area contributed by atoms with E-state index < -0.39 is 5.91 Å². The maximum absolute atomic E-state index is 12.1. The van der Waals surface area contributed by atoms with E-state index >= 15 is 0 Å². The summed E-state index contributed by atoms with van der Waals surface area (Å²) in [4.78, 5) is 33.0. The van der Waals surface area contributed by atoms with Crippen molar-refractivity contribution in [1.82, 2.24) is 9.97 Å². The van der Waals surface area contributed by atoms with Gasteiger partial charge in [0.15, 0.2) is 5.16 Å². The molecule has 2 aromatic heterocycles. The van der Waals surface area contributed by atoms with E-state index in [1.165, 1.54) is 23.1 Å². The van der Waals surface area contributed by atoms with Gasteiger partial charge in [0.1, 0.15) is 5.00 Å². The average molecular weight is 334 g/mol. The molecule has 0 saturated carbocycles. The van der Waals surface area contributed by atoms with Gasteiger partial charge in [-0.05, 0) is 30.9 Å². The first-order valence-electron chi connectivity index (χ1n) is 6.79. The standard InChI is InChI=1S/C14H14N4O2S2/c15-12(20)11-8-3-1-4-9(8)22-13(11)18-10(19)7-21-14-16-5-2-6-17-14/h2,5-6H,1,3-4,7H2,(H2,15,20)(H,18,19). The number of thiophene rings is 1. The minimum atomic E-state index is -0.478. The third-order valence-electron chi connectivity index (χ3n) is 3.30. The fourth-order valence-corrected chi connectivity index (χ4v) is 4.32. The van der Waals surface area contributed by atoms with E-state index in [-0.39, 0.29) is 11.7 Å². The second-order valence-corrected chi connectivity index (χ2v) is 6.84. The molecule has 3 N–H and O–H groups in total. The van der Waals surface area contributed by atoms with Crippen LogP contribution in [0.3, 0.4) is 0 Å². The molecule has 0 saturated heterocycles. The van der Waals surface area contributed by atoms with Gasteiger partial charge < -0.3 is 11.1 Å². The Kier molecular flexibility index (Phi) is 4.39. The van der Waals surface area contributed by atoms with Crippen LogP contribution in [0.15, 0.2) is 23.6 Å². The monoisotopic (exact) mass is 334 g/mol. The summed E-state index contributed by atoms with van der Waals surface area (Å²) in [6.07, 6.45) is 6.09. The highest BCUT2D eigenvalue weighted by Gasteiger charge is 2.26. The van der Waals surface area contributed by atoms with Crippen molar-refractivity contribution in [3.05, 3.63) is 34.5 Å². The fraction of sp³-hybridized carbons (Fsp3) is 0.286. The number of aryl methyl sites for hydroxylation is 1. The van der Waals surface area contributed by atoms with E-state index in [1.54, 1.807) is 18.5 Å². The van der Waals surface area contributed by atoms with Crippen LogP contribution in [0.25, 0.3) is 0 Å². The predicted octanol–water partition coefficient (Wildman–Crippen LogP) is 1.86. The Morgan fingerprint density at radius 1 is 1.32 bits per heavy atom. The van der Waals surface area contributed by atoms with Gasteiger partial charge in [0.25, 0.3) is 5.91 Å². The number of primary amides is 1. The van der Waals surface area contributed by atoms with Crippen LogP contribution in [-0.4, -0.2) is 27.5 Å². The predicted molar refractivity (Wildman–Crippen MR) is 86.2 cm³/mol. The normalized spacial score (nSPS) is 12.9. The van der Waals surface area contributed by atoms with Crippen LogP contribution in [0, 0.1) is 0 Å². The number of anilines is 1. The van der Waals surface area contributed by atoms with Crippen molar-refractivity contribution in [1.29, 1.82) is 0 Å². The minimum Gasteiger partial charge on any atom is -0.365 e. The molecule has 1 aliphatic rings. The van der Waals surface area contributed by atoms with Gasteiger partial charge in [0.2, 0.25) is 5.91 Å². The summed E-state index contributed by atoms with van der Waals surface area (Å²) in [5, 5.41) is 3.90. The number of carbonyl (C=O) groups excluding carboxylic acids is 2. The number of nitrogens with two attached hydrogens (primary N) is 1. The molecule has 0 unspecified atom stereocenters. The summed E-state index contributed by atoms with van der Waals surface area (Å²) in [6.45, 7) is 0. The highest BCUT2D eigenvalue weighted by Crippen LogP contribution is 2.38. The SMILES string of the molecule is NC(=O)c1c(NC(=O)CSc2ncccn2)sc2c1CCC2. The molecule has 0 bridgehead atoms. The number of carbonyl (C=O) groups is 2. The Bertz CT molecular complexity index is 715. The van der Waals surface area contributed by atoms with Crippen molar-refractivity contribution in [2.45, 2.75) is 24.4 Å². The van der Waals surface area contributed by atoms with Gasteiger partial charge in [0, 0.05) is 17.3 Å². The van der Waals surface area contributed by atoms with E-state index in [0.717, 1.165) is 29.7 Å². The molecule has 0 atom stereocenters. The number of fused-ring (bicyclic) bond motifs is 1. The summed E-state index contributed by atoms with van der Waals surface area (Å²) < 4.78 is 0. The smallest absolute Gasteiger partial charge is 0.251 e. The molecule has 2 heterocycles. The molecule has 22 heavy (non-hydrogen) atoms. The zero-order valence-corrected chi connectivity index (χ0v) is 13.3. The highest BCUT2D eigenvalue weighted by atomic mass is 32.2. The Morgan fingerprint density at radius 3 is 2.82 bits per heavy atom. The third-order valence-corrected chi connectivity index (χ3v) is 5.38. The molecule has 0 fully saturated rings. The van der Waals surface area contributed by atoms with Crippen molar-refractivity contribution in [2.24, 2.45) is 5.73 Å². The molecule has 0 aliphatic heterocycles. The van der Waals surface area contributed by atoms with Crippen LogP contribution >= 0.6 is 23.1 Å². The van der Waals surface area contributed by atoms with Crippen molar-refractivity contribution in [3.8, 4) is 0 Å². The molecule has 8 heteroatoms. The zero-order chi connectivity index (χ0) is 15.5. The van der Waals surface area contributed by atoms with Crippen LogP contribution in [0.1, 0.15) is 27.2 Å². The number of nitrogens with zero attached hydrogens (tertiary/aromatic N) is 2. The summed E-state index contributed by atoms with van der Waals surface area (Å²) in [7, 11) is 0. The van der Waals surface area contributed by atoms with Crippen LogP contribution in [0.2, 0.25) is 0 Å². The van der Waals surface area contributed by atoms with Gasteiger partial charge in [-0.25, -0.2) is 9.97 Å². The number of aromatic nitrogens is 2. The highest BCUT2D eigenvalue weighted by molar-refractivity contribution is 7.99. The van der Waals surface area contributed by atoms with Gasteiger partial charge in [0.05, 0.1) is 11.3 Å². The van der Waals surface area contributed by atoms with Crippen molar-refractivity contribution < 1.29 is 9.59 Å². The lowest BCUT2D eigenvalue weighted by Gasteiger charge is -2.05. The van der Waals surface area contributed by atoms with Crippen LogP contribution < -0.4 is 11.1 Å². The molecule has 1 aliphatic carbocycles. The quantitative estimate of drug-likeness (QED) is 0.642. The van der Waals surface area contributed by atoms with Crippen LogP contribution in [-0.2, 0) is 17.6 Å². The Balaban J connectivity index is 1.68. The van der Waals surface area contributed by atoms with Crippen molar-refractivity contribution >= 4 is 39.9 Å². The van der Waals surface area contributed by atoms with Gasteiger partial charge in [-0.2, -0.15) is 0 Å². The van der Waals surface area contributed by atoms with Crippen LogP contribution in [0.4, 0.5) is 5.00 Å². The largest absolute Gasteiger partial charge is 0.365 e. The van der Waals surface area contributed by atoms with E-state index in [4.69, 9.17) is 5.73 Å². The fourth-order valence-electron chi connectivity index (χ4n) is 2.41. The van der Waals surface area contributed by atoms with E-state index in [9.17, 15) is 9.59 Å². The number of amides is 2. The van der Waals surface area contributed by atoms with Gasteiger partial charge in [-0.1, -0.05) is 11.8 Å². The van der Waals surface area contributed by atoms with Crippen LogP contribution in [0.5, 0.6) is 0 Å². The molecule has 6 nitrogen and oxygen atoms in total. The maximum atomic E-state index is 12.1. The Labute approximate surface area is 135 Å². The minimum absolute atomic E-state index is 0.185. The molecular formula is C14H14N4O2S2. The van der Waals surface area contributed by atoms with E-state index in [2.05, 4.69) is 15.3 Å². The maximum Gasteiger partial charge on any atom is 0.251 e. The molecule has 3 rings (SSSR count). The number of rotatable bonds is 5. The number of nitrogens with one attached hydrogen (secondary N) is 1. The molecular weight excluding hydrogens is 320 g/mol. The molecule has 2 amide bonds. The van der Waals surface area contributed by atoms with Gasteiger partial charge in [-0.3, -0.25) is 9.59 Å². The van der Waals surface area contributed by atoms with E-state index in [1.807, 2.05) is 0 Å². The summed E-state index contributed by atoms with van der Waals surface area (Å²) >= 11 is 2.70. The summed E-state index contributed by atoms with van der Waals surface area (Å²) in [5.41, 5.74) is 6.95. The molecule has 2 aromatic rings. The Morgan fingerprint density at radius 2 is 2.09 bits per heavy atom. The summed E-state index contributed by atoms with van der Waals surface area (Å²) in [5.74, 6) is -0.487. The topological polar surface area (TPSA) is 98.0 Å². The first-order chi connectivity index (χ1) is 10.6. The second kappa shape index (κ2) is 6.45. The van der Waals surface area contributed by atoms with Gasteiger partial charge >= 0.3 is 0 Å². The van der Waals surface area contributed by atoms with Crippen molar-refractivity contribution in [3.63, 3.8) is 0 Å². The average Bonchev–Trinajstić information content (AvgIpc) is 3.06. The number of thioether (sulfide) groups is 1. The lowest BCUT2D eigenvalue weighted by atomic mass is 10.1. The first kappa shape index (κ1) is 15.0. The lowest BCUT2D eigenvalue weighted by Crippen LogP contribution is -2.19. The third kappa shape index (κ3) is 3.12. The molecule has 0 spiro atoms. The lowest BCUT2D eigenvalue weighted by molar-refractivity contribution is -0.113. The number of hydrogen-bond acceptors (Lipinski definition) is 6. The second-order valence-electron chi connectivity index (χ2n) is 4.79. The zero-order valence-electron chi connectivity index (χ0n) is 11.7. The van der Waals surface area contributed by atoms with Gasteiger partial charge in [-0.15, -0.1) is 11.3 Å². The Hall–Kier alpha value is -1.93. The molecule has 114 valence electrons. The van der Waals surface area contributed by atoms with Crippen molar-refractivity contribution in [2.75, 3.05) is 11.1 Å². The summed E-state index contributed by atoms with van der Waals surface area (Å²) in [6, 6.07) is 1.72. The molecule has 0 radical (unpaired) electrons. The first-order valence-corrected chi connectivity index (χ1v) is 8.59. The number of hydrogen-bond donors (Lipinski definition) is 2. The molecule has 0 aromatic carbocycles. The van der Waals surface area contributed by atoms with E-state index in [0.29, 0.717) is 15.7 Å².